The largest absolute Gasteiger partial charge is 0.451 e. The van der Waals surface area contributed by atoms with Crippen molar-refractivity contribution in [2.24, 2.45) is 0 Å². The minimum atomic E-state index is -0.511. The molecule has 0 saturated carbocycles. The number of halogens is 2. The van der Waals surface area contributed by atoms with Gasteiger partial charge in [0.15, 0.2) is 5.76 Å². The molecule has 25 heavy (non-hydrogen) atoms. The number of para-hydroxylation sites is 1. The van der Waals surface area contributed by atoms with Crippen molar-refractivity contribution in [3.05, 3.63) is 80.5 Å². The number of amides is 1. The summed E-state index contributed by atoms with van der Waals surface area (Å²) in [5.74, 6) is -0.0437. The number of furan rings is 1. The third-order valence-corrected chi connectivity index (χ3v) is 4.02. The molecule has 0 spiro atoms. The Kier molecular flexibility index (Phi) is 4.74. The van der Waals surface area contributed by atoms with Gasteiger partial charge >= 0.3 is 0 Å². The second-order valence-electron chi connectivity index (χ2n) is 5.02. The lowest BCUT2D eigenvalue weighted by atomic mass is 10.1. The maximum atomic E-state index is 12.3. The number of carbonyl (C=O) groups is 1. The van der Waals surface area contributed by atoms with E-state index in [0.717, 1.165) is 0 Å². The predicted octanol–water partition coefficient (Wildman–Crippen LogP) is 5.41. The molecule has 1 heterocycles. The van der Waals surface area contributed by atoms with Crippen LogP contribution in [0.4, 0.5) is 11.4 Å². The van der Waals surface area contributed by atoms with Gasteiger partial charge in [0.05, 0.1) is 20.7 Å². The summed E-state index contributed by atoms with van der Waals surface area (Å²) in [6, 6.07) is 13.8. The fraction of sp³-hybridized carbons (Fsp3) is 0. The molecule has 3 rings (SSSR count). The Bertz CT molecular complexity index is 931. The van der Waals surface area contributed by atoms with Gasteiger partial charge in [-0.2, -0.15) is 0 Å². The van der Waals surface area contributed by atoms with Gasteiger partial charge in [-0.3, -0.25) is 14.9 Å². The van der Waals surface area contributed by atoms with Crippen molar-refractivity contribution in [2.75, 3.05) is 5.32 Å². The normalized spacial score (nSPS) is 10.5. The Morgan fingerprint density at radius 2 is 1.64 bits per heavy atom. The number of non-ortho nitro benzene ring substituents is 1. The molecule has 0 radical (unpaired) electrons. The van der Waals surface area contributed by atoms with Gasteiger partial charge in [0.2, 0.25) is 0 Å². The molecule has 8 heteroatoms. The molecule has 126 valence electrons. The summed E-state index contributed by atoms with van der Waals surface area (Å²) in [5.41, 5.74) is 0.881. The molecule has 0 atom stereocenters. The van der Waals surface area contributed by atoms with Crippen molar-refractivity contribution in [2.45, 2.75) is 0 Å². The van der Waals surface area contributed by atoms with Crippen LogP contribution in [-0.4, -0.2) is 10.8 Å². The summed E-state index contributed by atoms with van der Waals surface area (Å²) < 4.78 is 5.52. The van der Waals surface area contributed by atoms with Crippen LogP contribution < -0.4 is 5.32 Å². The molecular formula is C17H10Cl2N2O4. The monoisotopic (exact) mass is 376 g/mol. The smallest absolute Gasteiger partial charge is 0.291 e. The number of hydrogen-bond donors (Lipinski definition) is 1. The van der Waals surface area contributed by atoms with Gasteiger partial charge in [-0.1, -0.05) is 29.3 Å². The topological polar surface area (TPSA) is 85.4 Å². The zero-order chi connectivity index (χ0) is 18.0. The van der Waals surface area contributed by atoms with E-state index in [1.165, 1.54) is 18.2 Å². The Hall–Kier alpha value is -2.83. The zero-order valence-corrected chi connectivity index (χ0v) is 14.0. The van der Waals surface area contributed by atoms with Gasteiger partial charge in [0, 0.05) is 17.7 Å². The molecule has 2 aromatic carbocycles. The van der Waals surface area contributed by atoms with Crippen LogP contribution in [0.15, 0.2) is 59.0 Å². The number of hydrogen-bond acceptors (Lipinski definition) is 4. The average molecular weight is 377 g/mol. The first-order valence-electron chi connectivity index (χ1n) is 7.06. The van der Waals surface area contributed by atoms with Crippen LogP contribution in [0.5, 0.6) is 0 Å². The number of rotatable bonds is 4. The minimum Gasteiger partial charge on any atom is -0.451 e. The van der Waals surface area contributed by atoms with Gasteiger partial charge in [-0.25, -0.2) is 0 Å². The predicted molar refractivity (Wildman–Crippen MR) is 95.2 cm³/mol. The molecule has 0 saturated heterocycles. The fourth-order valence-electron chi connectivity index (χ4n) is 2.15. The summed E-state index contributed by atoms with van der Waals surface area (Å²) in [4.78, 5) is 22.5. The lowest BCUT2D eigenvalue weighted by Crippen LogP contribution is -2.11. The zero-order valence-electron chi connectivity index (χ0n) is 12.5. The van der Waals surface area contributed by atoms with Gasteiger partial charge in [0.1, 0.15) is 5.76 Å². The Labute approximate surface area is 152 Å². The summed E-state index contributed by atoms with van der Waals surface area (Å²) in [6.07, 6.45) is 0. The van der Waals surface area contributed by atoms with E-state index in [2.05, 4.69) is 5.32 Å². The maximum Gasteiger partial charge on any atom is 0.291 e. The van der Waals surface area contributed by atoms with Gasteiger partial charge < -0.3 is 9.73 Å². The summed E-state index contributed by atoms with van der Waals surface area (Å²) in [7, 11) is 0. The highest BCUT2D eigenvalue weighted by Crippen LogP contribution is 2.31. The van der Waals surface area contributed by atoms with Crippen molar-refractivity contribution in [3.63, 3.8) is 0 Å². The van der Waals surface area contributed by atoms with E-state index in [4.69, 9.17) is 27.6 Å². The van der Waals surface area contributed by atoms with Crippen molar-refractivity contribution >= 4 is 40.5 Å². The number of anilines is 1. The average Bonchev–Trinajstić information content (AvgIpc) is 3.08. The number of nitrogens with one attached hydrogen (secondary N) is 1. The lowest BCUT2D eigenvalue weighted by molar-refractivity contribution is -0.384. The number of nitro groups is 1. The summed E-state index contributed by atoms with van der Waals surface area (Å²) in [5, 5.41) is 13.9. The number of nitro benzene ring substituents is 1. The molecule has 6 nitrogen and oxygen atoms in total. The van der Waals surface area contributed by atoms with Crippen molar-refractivity contribution in [3.8, 4) is 11.3 Å². The number of nitrogens with zero attached hydrogens (tertiary/aromatic N) is 1. The Morgan fingerprint density at radius 1 is 1.00 bits per heavy atom. The van der Waals surface area contributed by atoms with Gasteiger partial charge in [-0.05, 0) is 36.4 Å². The highest BCUT2D eigenvalue weighted by atomic mass is 35.5. The molecule has 1 aromatic heterocycles. The third kappa shape index (κ3) is 3.65. The quantitative estimate of drug-likeness (QED) is 0.486. The van der Waals surface area contributed by atoms with E-state index in [9.17, 15) is 14.9 Å². The van der Waals surface area contributed by atoms with Crippen LogP contribution in [0.3, 0.4) is 0 Å². The SMILES string of the molecule is O=C(Nc1c(Cl)cccc1Cl)c1ccc(-c2ccc([N+](=O)[O-])cc2)o1. The first kappa shape index (κ1) is 17.0. The highest BCUT2D eigenvalue weighted by molar-refractivity contribution is 6.39. The van der Waals surface area contributed by atoms with Crippen LogP contribution in [0, 0.1) is 10.1 Å². The van der Waals surface area contributed by atoms with Crippen molar-refractivity contribution in [1.29, 1.82) is 0 Å². The maximum absolute atomic E-state index is 12.3. The van der Waals surface area contributed by atoms with Crippen LogP contribution in [0.25, 0.3) is 11.3 Å². The van der Waals surface area contributed by atoms with Gasteiger partial charge in [0.25, 0.3) is 11.6 Å². The molecule has 0 bridgehead atoms. The summed E-state index contributed by atoms with van der Waals surface area (Å²) in [6.45, 7) is 0. The standard InChI is InChI=1S/C17H10Cl2N2O4/c18-12-2-1-3-13(19)16(12)20-17(22)15-9-8-14(25-15)10-4-6-11(7-5-10)21(23)24/h1-9H,(H,20,22). The minimum absolute atomic E-state index is 0.0263. The second kappa shape index (κ2) is 6.96. The third-order valence-electron chi connectivity index (χ3n) is 3.39. The molecule has 3 aromatic rings. The van der Waals surface area contributed by atoms with E-state index < -0.39 is 10.8 Å². The number of carbonyl (C=O) groups excluding carboxylic acids is 1. The van der Waals surface area contributed by atoms with E-state index in [0.29, 0.717) is 27.1 Å². The first-order valence-corrected chi connectivity index (χ1v) is 7.81. The molecule has 0 unspecified atom stereocenters. The van der Waals surface area contributed by atoms with E-state index in [1.54, 1.807) is 36.4 Å². The van der Waals surface area contributed by atoms with Gasteiger partial charge in [-0.15, -0.1) is 0 Å². The van der Waals surface area contributed by atoms with Crippen molar-refractivity contribution in [1.82, 2.24) is 0 Å². The second-order valence-corrected chi connectivity index (χ2v) is 5.83. The Morgan fingerprint density at radius 3 is 2.24 bits per heavy atom. The molecular weight excluding hydrogens is 367 g/mol. The highest BCUT2D eigenvalue weighted by Gasteiger charge is 2.16. The molecule has 1 N–H and O–H groups in total. The van der Waals surface area contributed by atoms with Crippen LogP contribution in [-0.2, 0) is 0 Å². The fourth-order valence-corrected chi connectivity index (χ4v) is 2.65. The van der Waals surface area contributed by atoms with E-state index in [1.807, 2.05) is 0 Å². The van der Waals surface area contributed by atoms with Crippen LogP contribution >= 0.6 is 23.2 Å². The van der Waals surface area contributed by atoms with Crippen LogP contribution in [0.1, 0.15) is 10.6 Å². The lowest BCUT2D eigenvalue weighted by Gasteiger charge is -2.07. The van der Waals surface area contributed by atoms with Crippen LogP contribution in [0.2, 0.25) is 10.0 Å². The molecule has 0 aliphatic carbocycles. The summed E-state index contributed by atoms with van der Waals surface area (Å²) >= 11 is 12.0. The number of benzene rings is 2. The molecule has 0 aliphatic rings. The Balaban J connectivity index is 1.81. The molecule has 1 amide bonds. The first-order chi connectivity index (χ1) is 12.0. The molecule has 0 aliphatic heterocycles. The molecule has 0 fully saturated rings. The van der Waals surface area contributed by atoms with E-state index >= 15 is 0 Å². The van der Waals surface area contributed by atoms with E-state index in [-0.39, 0.29) is 11.4 Å². The van der Waals surface area contributed by atoms with Crippen molar-refractivity contribution < 1.29 is 14.1 Å².